The van der Waals surface area contributed by atoms with E-state index in [1.54, 1.807) is 13.8 Å². The minimum absolute atomic E-state index is 0.0469. The smallest absolute Gasteiger partial charge is 0.310 e. The fraction of sp³-hybridized carbons (Fsp3) is 0.333. The van der Waals surface area contributed by atoms with E-state index in [0.29, 0.717) is 17.2 Å². The van der Waals surface area contributed by atoms with Gasteiger partial charge in [0.15, 0.2) is 0 Å². The SMILES string of the molecule is CCOc1cc(-c2ccccc2)sc1C(=O)NCC(C)(C)C(=O)O. The molecular formula is C18H21NO4S. The van der Waals surface area contributed by atoms with E-state index < -0.39 is 11.4 Å². The fourth-order valence-electron chi connectivity index (χ4n) is 2.00. The van der Waals surface area contributed by atoms with Gasteiger partial charge in [-0.15, -0.1) is 11.3 Å². The molecule has 0 radical (unpaired) electrons. The number of carboxylic acids is 1. The molecule has 0 saturated carbocycles. The molecule has 1 aromatic heterocycles. The quantitative estimate of drug-likeness (QED) is 0.801. The van der Waals surface area contributed by atoms with E-state index in [1.165, 1.54) is 11.3 Å². The normalized spacial score (nSPS) is 11.1. The van der Waals surface area contributed by atoms with Crippen molar-refractivity contribution in [3.8, 4) is 16.2 Å². The van der Waals surface area contributed by atoms with E-state index in [2.05, 4.69) is 5.32 Å². The number of ether oxygens (including phenoxy) is 1. The highest BCUT2D eigenvalue weighted by Crippen LogP contribution is 2.36. The van der Waals surface area contributed by atoms with Gasteiger partial charge in [-0.05, 0) is 32.4 Å². The Hall–Kier alpha value is -2.34. The van der Waals surface area contributed by atoms with Crippen molar-refractivity contribution in [1.82, 2.24) is 5.32 Å². The molecule has 1 amide bonds. The van der Waals surface area contributed by atoms with Crippen LogP contribution in [-0.2, 0) is 4.79 Å². The third kappa shape index (κ3) is 4.14. The number of rotatable bonds is 7. The molecule has 0 aliphatic carbocycles. The average Bonchev–Trinajstić information content (AvgIpc) is 2.98. The average molecular weight is 347 g/mol. The molecule has 128 valence electrons. The van der Waals surface area contributed by atoms with Crippen LogP contribution in [0, 0.1) is 5.41 Å². The Balaban J connectivity index is 2.23. The molecule has 1 aromatic carbocycles. The Labute approximate surface area is 145 Å². The largest absolute Gasteiger partial charge is 0.492 e. The predicted octanol–water partition coefficient (Wildman–Crippen LogP) is 3.65. The van der Waals surface area contributed by atoms with Gasteiger partial charge in [-0.25, -0.2) is 0 Å². The van der Waals surface area contributed by atoms with Crippen LogP contribution in [0.25, 0.3) is 10.4 Å². The summed E-state index contributed by atoms with van der Waals surface area (Å²) < 4.78 is 5.57. The first-order chi connectivity index (χ1) is 11.3. The maximum absolute atomic E-state index is 12.5. The summed E-state index contributed by atoms with van der Waals surface area (Å²) in [5, 5.41) is 11.8. The van der Waals surface area contributed by atoms with Crippen molar-refractivity contribution >= 4 is 23.2 Å². The van der Waals surface area contributed by atoms with Crippen molar-refractivity contribution in [2.24, 2.45) is 5.41 Å². The highest BCUT2D eigenvalue weighted by Gasteiger charge is 2.28. The molecule has 2 N–H and O–H groups in total. The Morgan fingerprint density at radius 3 is 2.50 bits per heavy atom. The van der Waals surface area contributed by atoms with Crippen molar-refractivity contribution in [2.45, 2.75) is 20.8 Å². The van der Waals surface area contributed by atoms with E-state index in [4.69, 9.17) is 9.84 Å². The van der Waals surface area contributed by atoms with Gasteiger partial charge in [-0.3, -0.25) is 9.59 Å². The second-order valence-corrected chi connectivity index (χ2v) is 7.03. The van der Waals surface area contributed by atoms with E-state index >= 15 is 0 Å². The summed E-state index contributed by atoms with van der Waals surface area (Å²) in [5.74, 6) is -0.754. The number of benzene rings is 1. The second kappa shape index (κ2) is 7.49. The van der Waals surface area contributed by atoms with Crippen LogP contribution in [0.3, 0.4) is 0 Å². The molecule has 6 heteroatoms. The number of nitrogens with one attached hydrogen (secondary N) is 1. The molecule has 0 spiro atoms. The predicted molar refractivity (Wildman–Crippen MR) is 94.7 cm³/mol. The van der Waals surface area contributed by atoms with E-state index in [1.807, 2.05) is 43.3 Å². The Morgan fingerprint density at radius 2 is 1.92 bits per heavy atom. The Bertz CT molecular complexity index is 722. The molecule has 2 rings (SSSR count). The van der Waals surface area contributed by atoms with Gasteiger partial charge in [0.2, 0.25) is 0 Å². The molecule has 0 atom stereocenters. The van der Waals surface area contributed by atoms with Gasteiger partial charge in [0.05, 0.1) is 12.0 Å². The molecule has 2 aromatic rings. The van der Waals surface area contributed by atoms with Gasteiger partial charge in [-0.2, -0.15) is 0 Å². The third-order valence-corrected chi connectivity index (χ3v) is 4.70. The van der Waals surface area contributed by atoms with Crippen LogP contribution in [0.1, 0.15) is 30.4 Å². The first-order valence-electron chi connectivity index (χ1n) is 7.69. The van der Waals surface area contributed by atoms with Gasteiger partial charge in [0, 0.05) is 11.4 Å². The first-order valence-corrected chi connectivity index (χ1v) is 8.50. The number of carbonyl (C=O) groups excluding carboxylic acids is 1. The van der Waals surface area contributed by atoms with Crippen LogP contribution in [-0.4, -0.2) is 30.1 Å². The van der Waals surface area contributed by atoms with Crippen molar-refractivity contribution < 1.29 is 19.4 Å². The number of hydrogen-bond acceptors (Lipinski definition) is 4. The van der Waals surface area contributed by atoms with Crippen LogP contribution < -0.4 is 10.1 Å². The van der Waals surface area contributed by atoms with E-state index in [-0.39, 0.29) is 12.5 Å². The summed E-state index contributed by atoms with van der Waals surface area (Å²) in [6.07, 6.45) is 0. The van der Waals surface area contributed by atoms with Crippen molar-refractivity contribution in [3.63, 3.8) is 0 Å². The summed E-state index contributed by atoms with van der Waals surface area (Å²) in [6.45, 7) is 5.50. The van der Waals surface area contributed by atoms with Gasteiger partial charge >= 0.3 is 5.97 Å². The highest BCUT2D eigenvalue weighted by molar-refractivity contribution is 7.17. The summed E-state index contributed by atoms with van der Waals surface area (Å²) in [7, 11) is 0. The lowest BCUT2D eigenvalue weighted by Gasteiger charge is -2.19. The monoisotopic (exact) mass is 347 g/mol. The lowest BCUT2D eigenvalue weighted by molar-refractivity contribution is -0.146. The lowest BCUT2D eigenvalue weighted by Crippen LogP contribution is -2.38. The minimum Gasteiger partial charge on any atom is -0.492 e. The van der Waals surface area contributed by atoms with Crippen LogP contribution in [0.2, 0.25) is 0 Å². The third-order valence-electron chi connectivity index (χ3n) is 3.53. The molecule has 0 bridgehead atoms. The second-order valence-electron chi connectivity index (χ2n) is 5.97. The molecule has 1 heterocycles. The maximum atomic E-state index is 12.5. The molecule has 24 heavy (non-hydrogen) atoms. The number of thiophene rings is 1. The number of carboxylic acid groups (broad SMARTS) is 1. The Kier molecular flexibility index (Phi) is 5.62. The highest BCUT2D eigenvalue weighted by atomic mass is 32.1. The zero-order valence-electron chi connectivity index (χ0n) is 14.0. The number of amides is 1. The van der Waals surface area contributed by atoms with Crippen molar-refractivity contribution in [2.75, 3.05) is 13.2 Å². The van der Waals surface area contributed by atoms with Gasteiger partial charge < -0.3 is 15.2 Å². The summed E-state index contributed by atoms with van der Waals surface area (Å²) in [4.78, 5) is 25.0. The summed E-state index contributed by atoms with van der Waals surface area (Å²) in [6, 6.07) is 11.6. The van der Waals surface area contributed by atoms with Crippen LogP contribution in [0.15, 0.2) is 36.4 Å². The van der Waals surface area contributed by atoms with Gasteiger partial charge in [-0.1, -0.05) is 30.3 Å². The summed E-state index contributed by atoms with van der Waals surface area (Å²) in [5.41, 5.74) is -0.0191. The van der Waals surface area contributed by atoms with Gasteiger partial charge in [0.1, 0.15) is 10.6 Å². The molecule has 0 aliphatic heterocycles. The zero-order chi connectivity index (χ0) is 17.7. The number of hydrogen-bond donors (Lipinski definition) is 2. The number of aliphatic carboxylic acids is 1. The lowest BCUT2D eigenvalue weighted by atomic mass is 9.94. The fourth-order valence-corrected chi connectivity index (χ4v) is 3.02. The molecule has 5 nitrogen and oxygen atoms in total. The Morgan fingerprint density at radius 1 is 1.25 bits per heavy atom. The van der Waals surface area contributed by atoms with Crippen molar-refractivity contribution in [1.29, 1.82) is 0 Å². The molecule has 0 saturated heterocycles. The standard InChI is InChI=1S/C18H21NO4S/c1-4-23-13-10-14(12-8-6-5-7-9-12)24-15(13)16(20)19-11-18(2,3)17(21)22/h5-10H,4,11H2,1-3H3,(H,19,20)(H,21,22). The van der Waals surface area contributed by atoms with Crippen LogP contribution >= 0.6 is 11.3 Å². The van der Waals surface area contributed by atoms with E-state index in [9.17, 15) is 9.59 Å². The topological polar surface area (TPSA) is 75.6 Å². The molecular weight excluding hydrogens is 326 g/mol. The summed E-state index contributed by atoms with van der Waals surface area (Å²) >= 11 is 1.34. The molecule has 0 aliphatic rings. The maximum Gasteiger partial charge on any atom is 0.310 e. The van der Waals surface area contributed by atoms with Crippen LogP contribution in [0.4, 0.5) is 0 Å². The molecule has 0 unspecified atom stereocenters. The van der Waals surface area contributed by atoms with Crippen molar-refractivity contribution in [3.05, 3.63) is 41.3 Å². The van der Waals surface area contributed by atoms with Gasteiger partial charge in [0.25, 0.3) is 5.91 Å². The zero-order valence-corrected chi connectivity index (χ0v) is 14.8. The minimum atomic E-state index is -1.03. The number of carbonyl (C=O) groups is 2. The van der Waals surface area contributed by atoms with E-state index in [0.717, 1.165) is 10.4 Å². The first kappa shape index (κ1) is 18.0. The van der Waals surface area contributed by atoms with Crippen LogP contribution in [0.5, 0.6) is 5.75 Å². The molecule has 0 fully saturated rings.